The number of benzene rings is 1. The highest BCUT2D eigenvalue weighted by Gasteiger charge is 2.26. The van der Waals surface area contributed by atoms with E-state index in [1.807, 2.05) is 31.2 Å². The number of rotatable bonds is 7. The number of nitrogens with zero attached hydrogens (tertiary/aromatic N) is 2. The topological polar surface area (TPSA) is 86.9 Å². The Labute approximate surface area is 183 Å². The van der Waals surface area contributed by atoms with Crippen LogP contribution in [0.1, 0.15) is 31.1 Å². The maximum Gasteiger partial charge on any atom is 0.243 e. The Balaban J connectivity index is 0.00000280. The van der Waals surface area contributed by atoms with E-state index < -0.39 is 10.0 Å². The Kier molecular flexibility index (Phi) is 8.77. The monoisotopic (exact) mass is 518 g/mol. The lowest BCUT2D eigenvalue weighted by molar-refractivity contribution is 0.477. The Hall–Kier alpha value is -1.59. The summed E-state index contributed by atoms with van der Waals surface area (Å²) >= 11 is 0. The Bertz CT molecular complexity index is 846. The molecular formula is C19H27IN4O3S. The highest BCUT2D eigenvalue weighted by Crippen LogP contribution is 2.21. The number of nitrogens with one attached hydrogen (secondary N) is 2. The van der Waals surface area contributed by atoms with Gasteiger partial charge in [-0.3, -0.25) is 0 Å². The van der Waals surface area contributed by atoms with Crippen molar-refractivity contribution < 1.29 is 12.8 Å². The van der Waals surface area contributed by atoms with Crippen LogP contribution < -0.4 is 10.6 Å². The van der Waals surface area contributed by atoms with Gasteiger partial charge < -0.3 is 15.1 Å². The van der Waals surface area contributed by atoms with Crippen LogP contribution in [0.2, 0.25) is 0 Å². The van der Waals surface area contributed by atoms with Crippen LogP contribution in [0.5, 0.6) is 0 Å². The first-order chi connectivity index (χ1) is 13.1. The van der Waals surface area contributed by atoms with Gasteiger partial charge in [0.1, 0.15) is 5.76 Å². The van der Waals surface area contributed by atoms with E-state index in [0.717, 1.165) is 30.7 Å². The maximum absolute atomic E-state index is 12.6. The van der Waals surface area contributed by atoms with Crippen molar-refractivity contribution in [1.29, 1.82) is 0 Å². The van der Waals surface area contributed by atoms with Crippen molar-refractivity contribution >= 4 is 40.0 Å². The van der Waals surface area contributed by atoms with E-state index in [2.05, 4.69) is 15.6 Å². The molecule has 1 aliphatic rings. The van der Waals surface area contributed by atoms with Crippen LogP contribution in [0.4, 0.5) is 0 Å². The van der Waals surface area contributed by atoms with Crippen molar-refractivity contribution in [1.82, 2.24) is 14.9 Å². The van der Waals surface area contributed by atoms with Gasteiger partial charge in [-0.25, -0.2) is 13.4 Å². The molecule has 0 amide bonds. The summed E-state index contributed by atoms with van der Waals surface area (Å²) in [5.41, 5.74) is 0.950. The molecule has 9 heteroatoms. The van der Waals surface area contributed by atoms with E-state index in [-0.39, 0.29) is 24.0 Å². The highest BCUT2D eigenvalue weighted by atomic mass is 127. The van der Waals surface area contributed by atoms with Gasteiger partial charge in [-0.1, -0.05) is 12.1 Å². The van der Waals surface area contributed by atoms with E-state index >= 15 is 0 Å². The molecule has 2 heterocycles. The predicted molar refractivity (Wildman–Crippen MR) is 120 cm³/mol. The van der Waals surface area contributed by atoms with Gasteiger partial charge in [0.2, 0.25) is 10.0 Å². The first kappa shape index (κ1) is 22.7. The summed E-state index contributed by atoms with van der Waals surface area (Å²) in [4.78, 5) is 4.89. The van der Waals surface area contributed by atoms with Crippen molar-refractivity contribution in [3.8, 4) is 0 Å². The zero-order valence-corrected chi connectivity index (χ0v) is 19.1. The molecule has 0 bridgehead atoms. The first-order valence-electron chi connectivity index (χ1n) is 9.23. The second kappa shape index (κ2) is 10.8. The molecule has 1 aromatic heterocycles. The Morgan fingerprint density at radius 1 is 1.14 bits per heavy atom. The molecule has 0 radical (unpaired) electrons. The summed E-state index contributed by atoms with van der Waals surface area (Å²) in [6.45, 7) is 4.98. The van der Waals surface area contributed by atoms with E-state index in [4.69, 9.17) is 4.42 Å². The lowest BCUT2D eigenvalue weighted by atomic mass is 10.2. The van der Waals surface area contributed by atoms with Gasteiger partial charge in [-0.05, 0) is 49.6 Å². The number of furan rings is 1. The lowest BCUT2D eigenvalue weighted by Crippen LogP contribution is -2.36. The third-order valence-electron chi connectivity index (χ3n) is 4.40. The van der Waals surface area contributed by atoms with Crippen molar-refractivity contribution in [3.05, 3.63) is 54.0 Å². The largest absolute Gasteiger partial charge is 0.467 e. The fourth-order valence-electron chi connectivity index (χ4n) is 2.94. The van der Waals surface area contributed by atoms with E-state index in [0.29, 0.717) is 37.0 Å². The molecular weight excluding hydrogens is 491 g/mol. The molecule has 0 atom stereocenters. The van der Waals surface area contributed by atoms with E-state index in [1.54, 1.807) is 22.7 Å². The zero-order valence-electron chi connectivity index (χ0n) is 15.9. The number of aliphatic imine (C=N–C) groups is 1. The van der Waals surface area contributed by atoms with Gasteiger partial charge in [0.25, 0.3) is 0 Å². The molecule has 0 spiro atoms. The molecule has 0 saturated carbocycles. The molecule has 7 nitrogen and oxygen atoms in total. The molecule has 0 aliphatic carbocycles. The van der Waals surface area contributed by atoms with Crippen molar-refractivity contribution in [2.24, 2.45) is 4.99 Å². The van der Waals surface area contributed by atoms with Crippen LogP contribution >= 0.6 is 24.0 Å². The standard InChI is InChI=1S/C19H26N4O3S.HI/c1-2-20-19(22-15-17-6-5-13-26-17)21-14-16-7-9-18(10-8-16)27(24,25)23-11-3-4-12-23;/h5-10,13H,2-4,11-12,14-15H2,1H3,(H2,20,21,22);1H. The number of guanidine groups is 1. The molecule has 28 heavy (non-hydrogen) atoms. The third kappa shape index (κ3) is 5.95. The predicted octanol–water partition coefficient (Wildman–Crippen LogP) is 2.94. The molecule has 2 N–H and O–H groups in total. The fourth-order valence-corrected chi connectivity index (χ4v) is 4.46. The molecule has 1 fully saturated rings. The van der Waals surface area contributed by atoms with Crippen molar-refractivity contribution in [3.63, 3.8) is 0 Å². The van der Waals surface area contributed by atoms with Crippen molar-refractivity contribution in [2.75, 3.05) is 19.6 Å². The Morgan fingerprint density at radius 2 is 1.86 bits per heavy atom. The molecule has 1 aliphatic heterocycles. The molecule has 0 unspecified atom stereocenters. The van der Waals surface area contributed by atoms with E-state index in [1.165, 1.54) is 0 Å². The Morgan fingerprint density at radius 3 is 2.46 bits per heavy atom. The van der Waals surface area contributed by atoms with Gasteiger partial charge in [0.15, 0.2) is 5.96 Å². The summed E-state index contributed by atoms with van der Waals surface area (Å²) in [5, 5.41) is 6.39. The van der Waals surface area contributed by atoms with Crippen LogP contribution in [0.3, 0.4) is 0 Å². The summed E-state index contributed by atoms with van der Waals surface area (Å²) in [7, 11) is -3.37. The molecule has 1 aromatic carbocycles. The highest BCUT2D eigenvalue weighted by molar-refractivity contribution is 14.0. The lowest BCUT2D eigenvalue weighted by Gasteiger charge is -2.15. The van der Waals surface area contributed by atoms with Gasteiger partial charge in [-0.15, -0.1) is 24.0 Å². The molecule has 154 valence electrons. The summed E-state index contributed by atoms with van der Waals surface area (Å²) < 4.78 is 32.0. The zero-order chi connectivity index (χ0) is 19.1. The van der Waals surface area contributed by atoms with Crippen LogP contribution in [0, 0.1) is 0 Å². The summed E-state index contributed by atoms with van der Waals surface area (Å²) in [5.74, 6) is 1.51. The normalized spacial score (nSPS) is 15.2. The maximum atomic E-state index is 12.6. The van der Waals surface area contributed by atoms with Crippen LogP contribution in [0.15, 0.2) is 57.0 Å². The molecule has 2 aromatic rings. The average Bonchev–Trinajstić information content (AvgIpc) is 3.38. The van der Waals surface area contributed by atoms with Gasteiger partial charge in [-0.2, -0.15) is 4.31 Å². The van der Waals surface area contributed by atoms with Crippen LogP contribution in [-0.2, 0) is 23.1 Å². The van der Waals surface area contributed by atoms with Gasteiger partial charge in [0.05, 0.1) is 24.2 Å². The van der Waals surface area contributed by atoms with E-state index in [9.17, 15) is 8.42 Å². The number of sulfonamides is 1. The smallest absolute Gasteiger partial charge is 0.243 e. The second-order valence-electron chi connectivity index (χ2n) is 6.38. The summed E-state index contributed by atoms with van der Waals surface area (Å²) in [6, 6.07) is 10.7. The minimum absolute atomic E-state index is 0. The number of halogens is 1. The second-order valence-corrected chi connectivity index (χ2v) is 8.32. The van der Waals surface area contributed by atoms with Crippen LogP contribution in [-0.4, -0.2) is 38.3 Å². The minimum Gasteiger partial charge on any atom is -0.467 e. The van der Waals surface area contributed by atoms with Crippen LogP contribution in [0.25, 0.3) is 0 Å². The van der Waals surface area contributed by atoms with Gasteiger partial charge in [0, 0.05) is 19.6 Å². The first-order valence-corrected chi connectivity index (χ1v) is 10.7. The van der Waals surface area contributed by atoms with Gasteiger partial charge >= 0.3 is 0 Å². The quantitative estimate of drug-likeness (QED) is 0.335. The third-order valence-corrected chi connectivity index (χ3v) is 6.31. The SMILES string of the molecule is CCNC(=NCc1ccc(S(=O)(=O)N2CCCC2)cc1)NCc1ccco1.I. The number of hydrogen-bond donors (Lipinski definition) is 2. The molecule has 3 rings (SSSR count). The fraction of sp³-hybridized carbons (Fsp3) is 0.421. The summed E-state index contributed by atoms with van der Waals surface area (Å²) in [6.07, 6.45) is 3.51. The molecule has 1 saturated heterocycles. The van der Waals surface area contributed by atoms with Crippen molar-refractivity contribution in [2.45, 2.75) is 37.8 Å². The number of hydrogen-bond acceptors (Lipinski definition) is 4. The minimum atomic E-state index is -3.37. The average molecular weight is 518 g/mol.